The van der Waals surface area contributed by atoms with E-state index in [0.717, 1.165) is 38.2 Å². The van der Waals surface area contributed by atoms with E-state index in [9.17, 15) is 13.2 Å². The highest BCUT2D eigenvalue weighted by Crippen LogP contribution is 2.35. The van der Waals surface area contributed by atoms with Gasteiger partial charge in [-0.25, -0.2) is 15.0 Å². The predicted molar refractivity (Wildman–Crippen MR) is 101 cm³/mol. The van der Waals surface area contributed by atoms with E-state index in [-0.39, 0.29) is 11.7 Å². The number of fused-ring (bicyclic) bond motifs is 1. The Morgan fingerprint density at radius 2 is 1.96 bits per heavy atom. The monoisotopic (exact) mass is 391 g/mol. The third-order valence-corrected chi connectivity index (χ3v) is 4.98. The van der Waals surface area contributed by atoms with Gasteiger partial charge in [0.05, 0.1) is 17.4 Å². The number of nitrogens with zero attached hydrogens (tertiary/aromatic N) is 4. The van der Waals surface area contributed by atoms with E-state index in [0.29, 0.717) is 28.2 Å². The van der Waals surface area contributed by atoms with E-state index in [1.807, 2.05) is 0 Å². The number of pyridine rings is 1. The number of rotatable bonds is 3. The van der Waals surface area contributed by atoms with Gasteiger partial charge in [-0.1, -0.05) is 0 Å². The first-order valence-corrected chi connectivity index (χ1v) is 8.93. The summed E-state index contributed by atoms with van der Waals surface area (Å²) < 4.78 is 39.2. The smallest absolute Gasteiger partial charge is 0.396 e. The van der Waals surface area contributed by atoms with E-state index >= 15 is 0 Å². The van der Waals surface area contributed by atoms with Crippen LogP contribution in [0, 0.1) is 0 Å². The molecular formula is C18H20F3N7. The minimum absolute atomic E-state index is 0.245. The lowest BCUT2D eigenvalue weighted by Crippen LogP contribution is -2.37. The molecule has 0 radical (unpaired) electrons. The van der Waals surface area contributed by atoms with Crippen molar-refractivity contribution < 1.29 is 13.2 Å². The third kappa shape index (κ3) is 3.59. The number of hydrogen-bond donors (Lipinski definition) is 3. The lowest BCUT2D eigenvalue weighted by atomic mass is 10.1. The number of nitrogens with two attached hydrogens (primary N) is 1. The largest absolute Gasteiger partial charge is 0.417 e. The van der Waals surface area contributed by atoms with Crippen LogP contribution in [-0.4, -0.2) is 51.0 Å². The van der Waals surface area contributed by atoms with Crippen molar-refractivity contribution in [3.05, 3.63) is 30.2 Å². The van der Waals surface area contributed by atoms with Crippen molar-refractivity contribution in [1.29, 1.82) is 0 Å². The minimum atomic E-state index is -4.48. The second-order valence-corrected chi connectivity index (χ2v) is 7.04. The molecular weight excluding hydrogens is 371 g/mol. The summed E-state index contributed by atoms with van der Waals surface area (Å²) in [5.74, 6) is 0.410. The molecule has 4 rings (SSSR count). The van der Waals surface area contributed by atoms with E-state index in [4.69, 9.17) is 5.73 Å². The quantitative estimate of drug-likeness (QED) is 0.635. The Balaban J connectivity index is 1.69. The Kier molecular flexibility index (Phi) is 4.58. The molecule has 0 aliphatic carbocycles. The van der Waals surface area contributed by atoms with Crippen LogP contribution in [0.5, 0.6) is 0 Å². The molecule has 3 aromatic rings. The van der Waals surface area contributed by atoms with Gasteiger partial charge in [0, 0.05) is 29.4 Å². The van der Waals surface area contributed by atoms with Crippen LogP contribution in [0.15, 0.2) is 24.7 Å². The number of alkyl halides is 3. The fourth-order valence-corrected chi connectivity index (χ4v) is 3.37. The number of piperidine rings is 1. The molecule has 1 fully saturated rings. The first kappa shape index (κ1) is 18.5. The number of aromatic nitrogens is 4. The van der Waals surface area contributed by atoms with Crippen LogP contribution in [0.4, 0.5) is 24.8 Å². The molecule has 1 saturated heterocycles. The van der Waals surface area contributed by atoms with Crippen molar-refractivity contribution in [3.63, 3.8) is 0 Å². The molecule has 1 aliphatic rings. The Labute approximate surface area is 159 Å². The second kappa shape index (κ2) is 6.93. The first-order valence-electron chi connectivity index (χ1n) is 8.93. The van der Waals surface area contributed by atoms with Gasteiger partial charge in [0.1, 0.15) is 11.3 Å². The van der Waals surface area contributed by atoms with Crippen molar-refractivity contribution in [2.75, 3.05) is 31.2 Å². The highest BCUT2D eigenvalue weighted by molar-refractivity contribution is 5.95. The molecule has 7 nitrogen and oxygen atoms in total. The van der Waals surface area contributed by atoms with Gasteiger partial charge in [0.2, 0.25) is 5.95 Å². The van der Waals surface area contributed by atoms with E-state index in [1.165, 1.54) is 6.20 Å². The molecule has 3 aromatic heterocycles. The summed E-state index contributed by atoms with van der Waals surface area (Å²) in [4.78, 5) is 17.7. The summed E-state index contributed by atoms with van der Waals surface area (Å²) >= 11 is 0. The zero-order valence-electron chi connectivity index (χ0n) is 15.2. The lowest BCUT2D eigenvalue weighted by Gasteiger charge is -2.29. The molecule has 28 heavy (non-hydrogen) atoms. The van der Waals surface area contributed by atoms with Gasteiger partial charge in [-0.15, -0.1) is 0 Å². The number of nitrogens with one attached hydrogen (secondary N) is 2. The SMILES string of the molecule is CN1CCC(Nc2ncc(N)c(-c3c[nH]c4ncc(C(F)(F)F)cc34)n2)CC1. The fourth-order valence-electron chi connectivity index (χ4n) is 3.37. The Bertz CT molecular complexity index is 990. The number of H-pyrrole nitrogens is 1. The average Bonchev–Trinajstić information content (AvgIpc) is 3.07. The maximum absolute atomic E-state index is 13.1. The summed E-state index contributed by atoms with van der Waals surface area (Å²) in [5.41, 5.74) is 6.66. The maximum Gasteiger partial charge on any atom is 0.417 e. The van der Waals surface area contributed by atoms with Crippen molar-refractivity contribution in [3.8, 4) is 11.3 Å². The molecule has 0 atom stereocenters. The molecule has 0 aromatic carbocycles. The molecule has 0 spiro atoms. The van der Waals surface area contributed by atoms with Crippen LogP contribution in [0.2, 0.25) is 0 Å². The molecule has 0 amide bonds. The van der Waals surface area contributed by atoms with Crippen molar-refractivity contribution in [1.82, 2.24) is 24.8 Å². The number of anilines is 2. The zero-order chi connectivity index (χ0) is 19.9. The molecule has 148 valence electrons. The van der Waals surface area contributed by atoms with Gasteiger partial charge in [-0.3, -0.25) is 0 Å². The fraction of sp³-hybridized carbons (Fsp3) is 0.389. The second-order valence-electron chi connectivity index (χ2n) is 7.04. The van der Waals surface area contributed by atoms with Crippen LogP contribution in [0.25, 0.3) is 22.3 Å². The number of halogens is 3. The zero-order valence-corrected chi connectivity index (χ0v) is 15.2. The summed E-state index contributed by atoms with van der Waals surface area (Å²) in [5, 5.41) is 3.62. The van der Waals surface area contributed by atoms with Gasteiger partial charge in [-0.2, -0.15) is 13.2 Å². The van der Waals surface area contributed by atoms with Gasteiger partial charge in [0.25, 0.3) is 0 Å². The summed E-state index contributed by atoms with van der Waals surface area (Å²) in [7, 11) is 2.08. The summed E-state index contributed by atoms with van der Waals surface area (Å²) in [6.45, 7) is 1.96. The predicted octanol–water partition coefficient (Wildman–Crippen LogP) is 3.13. The van der Waals surface area contributed by atoms with E-state index in [2.05, 4.69) is 37.2 Å². The van der Waals surface area contributed by atoms with Crippen LogP contribution in [-0.2, 0) is 6.18 Å². The number of nitrogen functional groups attached to an aromatic ring is 1. The van der Waals surface area contributed by atoms with Crippen molar-refractivity contribution in [2.24, 2.45) is 0 Å². The van der Waals surface area contributed by atoms with Crippen molar-refractivity contribution in [2.45, 2.75) is 25.1 Å². The van der Waals surface area contributed by atoms with E-state index in [1.54, 1.807) is 6.20 Å². The first-order chi connectivity index (χ1) is 13.3. The Hall–Kier alpha value is -2.88. The summed E-state index contributed by atoms with van der Waals surface area (Å²) in [6, 6.07) is 1.30. The number of hydrogen-bond acceptors (Lipinski definition) is 6. The normalized spacial score (nSPS) is 16.6. The Morgan fingerprint density at radius 1 is 1.21 bits per heavy atom. The average molecular weight is 391 g/mol. The van der Waals surface area contributed by atoms with Crippen LogP contribution in [0.1, 0.15) is 18.4 Å². The summed E-state index contributed by atoms with van der Waals surface area (Å²) in [6.07, 6.45) is 1.29. The van der Waals surface area contributed by atoms with Crippen LogP contribution in [0.3, 0.4) is 0 Å². The van der Waals surface area contributed by atoms with Gasteiger partial charge >= 0.3 is 6.18 Å². The topological polar surface area (TPSA) is 95.8 Å². The molecule has 0 bridgehead atoms. The number of aromatic amines is 1. The third-order valence-electron chi connectivity index (χ3n) is 4.98. The van der Waals surface area contributed by atoms with Gasteiger partial charge in [0.15, 0.2) is 0 Å². The molecule has 1 aliphatic heterocycles. The van der Waals surface area contributed by atoms with E-state index < -0.39 is 11.7 Å². The standard InChI is InChI=1S/C18H20F3N7/c1-28-4-2-11(3-5-28)26-17-25-9-14(22)15(27-17)13-8-24-16-12(13)6-10(7-23-16)18(19,20)21/h6-9,11H,2-5,22H2,1H3,(H,23,24)(H,25,26,27). The molecule has 4 N–H and O–H groups in total. The van der Waals surface area contributed by atoms with Crippen LogP contribution < -0.4 is 11.1 Å². The lowest BCUT2D eigenvalue weighted by molar-refractivity contribution is -0.137. The van der Waals surface area contributed by atoms with Gasteiger partial charge < -0.3 is 20.9 Å². The minimum Gasteiger partial charge on any atom is -0.396 e. The Morgan fingerprint density at radius 3 is 2.68 bits per heavy atom. The highest BCUT2D eigenvalue weighted by Gasteiger charge is 2.31. The maximum atomic E-state index is 13.1. The van der Waals surface area contributed by atoms with Crippen molar-refractivity contribution >= 4 is 22.7 Å². The molecule has 0 saturated carbocycles. The molecule has 4 heterocycles. The van der Waals surface area contributed by atoms with Crippen LogP contribution >= 0.6 is 0 Å². The number of likely N-dealkylation sites (tertiary alicyclic amines) is 1. The highest BCUT2D eigenvalue weighted by atomic mass is 19.4. The molecule has 10 heteroatoms. The molecule has 0 unspecified atom stereocenters. The van der Waals surface area contributed by atoms with Gasteiger partial charge in [-0.05, 0) is 39.0 Å².